The van der Waals surface area contributed by atoms with E-state index in [-0.39, 0.29) is 6.61 Å². The molecule has 1 amide bonds. The molecule has 1 heterocycles. The molecular weight excluding hydrogens is 221 g/mol. The molecule has 2 N–H and O–H groups in total. The lowest BCUT2D eigenvalue weighted by Gasteiger charge is -2.45. The van der Waals surface area contributed by atoms with E-state index in [0.29, 0.717) is 0 Å². The lowest BCUT2D eigenvalue weighted by atomic mass is 9.89. The average molecular weight is 233 g/mol. The van der Waals surface area contributed by atoms with E-state index >= 15 is 0 Å². The third-order valence-corrected chi connectivity index (χ3v) is 2.20. The number of alkyl halides is 1. The van der Waals surface area contributed by atoms with Gasteiger partial charge in [0.15, 0.2) is 0 Å². The van der Waals surface area contributed by atoms with Crippen LogP contribution in [0, 0.1) is 0 Å². The van der Waals surface area contributed by atoms with Crippen LogP contribution < -0.4 is 0 Å². The number of rotatable bonds is 4. The van der Waals surface area contributed by atoms with Crippen LogP contribution in [0.4, 0.5) is 9.18 Å². The number of likely N-dealkylation sites (tertiary alicyclic amines) is 1. The Labute approximate surface area is 90.9 Å². The van der Waals surface area contributed by atoms with Gasteiger partial charge in [-0.2, -0.15) is 0 Å². The average Bonchev–Trinajstić information content (AvgIpc) is 2.20. The number of β-amino-alcohol motifs (C(OH)–C–C–N with tert-alkyl or cyclic N) is 1. The van der Waals surface area contributed by atoms with E-state index in [2.05, 4.69) is 11.3 Å². The molecule has 1 saturated heterocycles. The van der Waals surface area contributed by atoms with Crippen LogP contribution in [0.25, 0.3) is 0 Å². The summed E-state index contributed by atoms with van der Waals surface area (Å²) in [6.45, 7) is 2.55. The van der Waals surface area contributed by atoms with Crippen LogP contribution in [-0.4, -0.2) is 58.6 Å². The fourth-order valence-corrected chi connectivity index (χ4v) is 1.36. The molecule has 1 unspecified atom stereocenters. The van der Waals surface area contributed by atoms with Gasteiger partial charge < -0.3 is 19.8 Å². The van der Waals surface area contributed by atoms with Gasteiger partial charge in [-0.3, -0.25) is 0 Å². The zero-order chi connectivity index (χ0) is 12.3. The largest absolute Gasteiger partial charge is 0.479 e. The molecule has 0 bridgehead atoms. The molecule has 0 aromatic rings. The highest BCUT2D eigenvalue weighted by molar-refractivity contribution is 5.76. The molecular formula is C9H12FNO5. The van der Waals surface area contributed by atoms with Crippen molar-refractivity contribution < 1.29 is 28.9 Å². The predicted octanol–water partition coefficient (Wildman–Crippen LogP) is -0.222. The van der Waals surface area contributed by atoms with Crippen molar-refractivity contribution in [3.63, 3.8) is 0 Å². The second-order valence-corrected chi connectivity index (χ2v) is 3.53. The molecule has 1 aliphatic heterocycles. The van der Waals surface area contributed by atoms with Crippen LogP contribution in [0.3, 0.4) is 0 Å². The smallest absolute Gasteiger partial charge is 0.410 e. The lowest BCUT2D eigenvalue weighted by molar-refractivity contribution is -0.171. The van der Waals surface area contributed by atoms with E-state index in [1.54, 1.807) is 0 Å². The van der Waals surface area contributed by atoms with Gasteiger partial charge in [-0.1, -0.05) is 12.7 Å². The summed E-state index contributed by atoms with van der Waals surface area (Å²) >= 11 is 0. The van der Waals surface area contributed by atoms with Crippen molar-refractivity contribution in [1.82, 2.24) is 4.90 Å². The fraction of sp³-hybridized carbons (Fsp3) is 0.556. The summed E-state index contributed by atoms with van der Waals surface area (Å²) in [5.74, 6) is -1.75. The summed E-state index contributed by atoms with van der Waals surface area (Å²) in [6, 6.07) is 0. The lowest BCUT2D eigenvalue weighted by Crippen LogP contribution is -2.69. The maximum atomic E-state index is 13.0. The van der Waals surface area contributed by atoms with Crippen molar-refractivity contribution in [3.05, 3.63) is 12.7 Å². The number of carboxylic acids is 1. The Balaban J connectivity index is 2.44. The van der Waals surface area contributed by atoms with Crippen LogP contribution >= 0.6 is 0 Å². The van der Waals surface area contributed by atoms with Gasteiger partial charge in [-0.05, 0) is 0 Å². The van der Waals surface area contributed by atoms with Crippen molar-refractivity contribution >= 4 is 12.1 Å². The Hall–Kier alpha value is -1.63. The van der Waals surface area contributed by atoms with Gasteiger partial charge in [-0.15, -0.1) is 0 Å². The SMILES string of the molecule is C=CCOC(=O)N1CC(O)(C(F)C(=O)O)C1. The molecule has 90 valence electrons. The summed E-state index contributed by atoms with van der Waals surface area (Å²) in [5.41, 5.74) is -2.01. The zero-order valence-corrected chi connectivity index (χ0v) is 8.43. The number of hydrogen-bond donors (Lipinski definition) is 2. The number of ether oxygens (including phenoxy) is 1. The highest BCUT2D eigenvalue weighted by Crippen LogP contribution is 2.27. The van der Waals surface area contributed by atoms with Crippen LogP contribution in [0.5, 0.6) is 0 Å². The summed E-state index contributed by atoms with van der Waals surface area (Å²) in [4.78, 5) is 22.5. The molecule has 16 heavy (non-hydrogen) atoms. The third-order valence-electron chi connectivity index (χ3n) is 2.20. The molecule has 0 aromatic carbocycles. The molecule has 1 aliphatic rings. The van der Waals surface area contributed by atoms with Gasteiger partial charge in [0.2, 0.25) is 6.17 Å². The molecule has 0 saturated carbocycles. The van der Waals surface area contributed by atoms with Crippen molar-refractivity contribution in [2.75, 3.05) is 19.7 Å². The number of hydrogen-bond acceptors (Lipinski definition) is 4. The topological polar surface area (TPSA) is 87.1 Å². The van der Waals surface area contributed by atoms with Crippen molar-refractivity contribution in [3.8, 4) is 0 Å². The highest BCUT2D eigenvalue weighted by Gasteiger charge is 2.53. The minimum Gasteiger partial charge on any atom is -0.479 e. The van der Waals surface area contributed by atoms with Gasteiger partial charge in [0.05, 0.1) is 13.1 Å². The molecule has 1 rings (SSSR count). The number of aliphatic hydroxyl groups is 1. The van der Waals surface area contributed by atoms with Crippen molar-refractivity contribution in [1.29, 1.82) is 0 Å². The minimum atomic E-state index is -2.41. The quantitative estimate of drug-likeness (QED) is 0.655. The molecule has 0 spiro atoms. The monoisotopic (exact) mass is 233 g/mol. The van der Waals surface area contributed by atoms with Gasteiger partial charge in [0.1, 0.15) is 12.2 Å². The second-order valence-electron chi connectivity index (χ2n) is 3.53. The van der Waals surface area contributed by atoms with Gasteiger partial charge in [0.25, 0.3) is 0 Å². The Morgan fingerprint density at radius 1 is 1.62 bits per heavy atom. The first-order valence-electron chi connectivity index (χ1n) is 4.52. The molecule has 0 aromatic heterocycles. The molecule has 1 fully saturated rings. The number of carbonyl (C=O) groups is 2. The van der Waals surface area contributed by atoms with E-state index in [1.165, 1.54) is 6.08 Å². The van der Waals surface area contributed by atoms with E-state index in [1.807, 2.05) is 0 Å². The Kier molecular flexibility index (Phi) is 3.48. The Morgan fingerprint density at radius 2 is 2.19 bits per heavy atom. The van der Waals surface area contributed by atoms with Gasteiger partial charge in [0, 0.05) is 0 Å². The molecule has 6 nitrogen and oxygen atoms in total. The maximum Gasteiger partial charge on any atom is 0.410 e. The first kappa shape index (κ1) is 12.4. The zero-order valence-electron chi connectivity index (χ0n) is 8.43. The molecule has 7 heteroatoms. The van der Waals surface area contributed by atoms with Crippen LogP contribution in [0.1, 0.15) is 0 Å². The van der Waals surface area contributed by atoms with Crippen LogP contribution in [0.2, 0.25) is 0 Å². The number of nitrogens with zero attached hydrogens (tertiary/aromatic N) is 1. The summed E-state index contributed by atoms with van der Waals surface area (Å²) in [6.07, 6.45) is -1.78. The number of amides is 1. The first-order valence-corrected chi connectivity index (χ1v) is 4.52. The molecule has 0 aliphatic carbocycles. The fourth-order valence-electron chi connectivity index (χ4n) is 1.36. The molecule has 1 atom stereocenters. The predicted molar refractivity (Wildman–Crippen MR) is 50.6 cm³/mol. The number of halogens is 1. The van der Waals surface area contributed by atoms with E-state index in [9.17, 15) is 19.1 Å². The summed E-state index contributed by atoms with van der Waals surface area (Å²) in [5, 5.41) is 17.8. The standard InChI is InChI=1S/C9H12FNO5/c1-2-3-16-8(14)11-4-9(15,5-11)6(10)7(12)13/h2,6,15H,1,3-5H2,(H,12,13). The first-order chi connectivity index (χ1) is 7.40. The van der Waals surface area contributed by atoms with Crippen LogP contribution in [0.15, 0.2) is 12.7 Å². The van der Waals surface area contributed by atoms with Crippen LogP contribution in [-0.2, 0) is 9.53 Å². The number of carboxylic acid groups (broad SMARTS) is 1. The number of aliphatic carboxylic acids is 1. The van der Waals surface area contributed by atoms with Gasteiger partial charge >= 0.3 is 12.1 Å². The minimum absolute atomic E-state index is 0.00570. The summed E-state index contributed by atoms with van der Waals surface area (Å²) < 4.78 is 17.6. The van der Waals surface area contributed by atoms with E-state index < -0.39 is 36.9 Å². The normalized spacial score (nSPS) is 19.5. The highest BCUT2D eigenvalue weighted by atomic mass is 19.1. The molecule has 0 radical (unpaired) electrons. The van der Waals surface area contributed by atoms with Gasteiger partial charge in [-0.25, -0.2) is 14.0 Å². The number of carbonyl (C=O) groups excluding carboxylic acids is 1. The Morgan fingerprint density at radius 3 is 2.62 bits per heavy atom. The van der Waals surface area contributed by atoms with E-state index in [0.717, 1.165) is 4.90 Å². The maximum absolute atomic E-state index is 13.0. The second kappa shape index (κ2) is 4.48. The van der Waals surface area contributed by atoms with Crippen molar-refractivity contribution in [2.45, 2.75) is 11.8 Å². The summed E-state index contributed by atoms with van der Waals surface area (Å²) in [7, 11) is 0. The Bertz CT molecular complexity index is 313. The van der Waals surface area contributed by atoms with E-state index in [4.69, 9.17) is 5.11 Å². The third kappa shape index (κ3) is 2.30. The van der Waals surface area contributed by atoms with Crippen molar-refractivity contribution in [2.24, 2.45) is 0 Å².